The summed E-state index contributed by atoms with van der Waals surface area (Å²) in [4.78, 5) is 15.8. The Morgan fingerprint density at radius 2 is 2.00 bits per heavy atom. The van der Waals surface area contributed by atoms with E-state index in [1.165, 1.54) is 0 Å². The second-order valence-electron chi connectivity index (χ2n) is 3.86. The number of aliphatic imine (C=N–C) groups is 1. The van der Waals surface area contributed by atoms with Crippen LogP contribution < -0.4 is 0 Å². The van der Waals surface area contributed by atoms with Crippen LogP contribution in [-0.2, 0) is 14.3 Å². The minimum Gasteiger partial charge on any atom is -0.484 e. The second-order valence-corrected chi connectivity index (χ2v) is 3.86. The molecule has 4 nitrogen and oxygen atoms in total. The van der Waals surface area contributed by atoms with Gasteiger partial charge in [0.05, 0.1) is 7.11 Å². The maximum absolute atomic E-state index is 11.5. The van der Waals surface area contributed by atoms with Crippen molar-refractivity contribution in [1.82, 2.24) is 0 Å². The summed E-state index contributed by atoms with van der Waals surface area (Å²) in [5.41, 5.74) is 0. The quantitative estimate of drug-likeness (QED) is 0.526. The Hall–Kier alpha value is -0.900. The van der Waals surface area contributed by atoms with E-state index >= 15 is 0 Å². The van der Waals surface area contributed by atoms with Crippen LogP contribution in [0.25, 0.3) is 0 Å². The van der Waals surface area contributed by atoms with Gasteiger partial charge >= 0.3 is 0 Å². The number of ether oxygens (including phenoxy) is 2. The summed E-state index contributed by atoms with van der Waals surface area (Å²) in [5.74, 6) is 0.987. The molecule has 0 N–H and O–H groups in total. The Balaban J connectivity index is 2.68. The Bertz CT molecular complexity index is 244. The van der Waals surface area contributed by atoms with Crippen molar-refractivity contribution >= 4 is 11.7 Å². The molecule has 0 radical (unpaired) electrons. The van der Waals surface area contributed by atoms with Gasteiger partial charge in [0.15, 0.2) is 11.7 Å². The maximum Gasteiger partial charge on any atom is 0.180 e. The highest BCUT2D eigenvalue weighted by Crippen LogP contribution is 2.22. The van der Waals surface area contributed by atoms with Crippen LogP contribution in [0.1, 0.15) is 26.7 Å². The average Bonchev–Trinajstić information content (AvgIpc) is 2.26. The molecule has 0 aromatic rings. The molecule has 1 saturated heterocycles. The minimum absolute atomic E-state index is 0.110. The molecule has 1 atom stereocenters. The Morgan fingerprint density at radius 3 is 2.47 bits per heavy atom. The number of nitrogens with zero attached hydrogens (tertiary/aromatic N) is 1. The Kier molecular flexibility index (Phi) is 4.75. The highest BCUT2D eigenvalue weighted by atomic mass is 16.5. The van der Waals surface area contributed by atoms with Gasteiger partial charge in [-0.05, 0) is 25.7 Å². The zero-order valence-electron chi connectivity index (χ0n) is 9.66. The maximum atomic E-state index is 11.5. The fourth-order valence-electron chi connectivity index (χ4n) is 1.81. The summed E-state index contributed by atoms with van der Waals surface area (Å²) in [6, 6.07) is -0.256. The van der Waals surface area contributed by atoms with Gasteiger partial charge < -0.3 is 9.47 Å². The summed E-state index contributed by atoms with van der Waals surface area (Å²) in [6.45, 7) is 4.83. The summed E-state index contributed by atoms with van der Waals surface area (Å²) >= 11 is 0. The van der Waals surface area contributed by atoms with Gasteiger partial charge in [-0.15, -0.1) is 0 Å². The van der Waals surface area contributed by atoms with Gasteiger partial charge in [-0.25, -0.2) is 4.99 Å². The fourth-order valence-corrected chi connectivity index (χ4v) is 1.81. The van der Waals surface area contributed by atoms with Gasteiger partial charge in [0.2, 0.25) is 0 Å². The lowest BCUT2D eigenvalue weighted by Gasteiger charge is -2.26. The zero-order valence-corrected chi connectivity index (χ0v) is 9.66. The van der Waals surface area contributed by atoms with Crippen LogP contribution in [-0.4, -0.2) is 38.0 Å². The lowest BCUT2D eigenvalue weighted by Crippen LogP contribution is -2.32. The normalized spacial score (nSPS) is 21.1. The van der Waals surface area contributed by atoms with Crippen molar-refractivity contribution < 1.29 is 14.3 Å². The van der Waals surface area contributed by atoms with E-state index in [1.54, 1.807) is 21.0 Å². The van der Waals surface area contributed by atoms with Crippen LogP contribution in [0.2, 0.25) is 0 Å². The second kappa shape index (κ2) is 5.85. The molecule has 86 valence electrons. The number of hydrogen-bond donors (Lipinski definition) is 0. The molecule has 0 amide bonds. The van der Waals surface area contributed by atoms with Gasteiger partial charge in [-0.1, -0.05) is 0 Å². The molecule has 1 aliphatic rings. The van der Waals surface area contributed by atoms with E-state index in [2.05, 4.69) is 4.99 Å². The number of methoxy groups -OCH3 is 1. The van der Waals surface area contributed by atoms with Crippen molar-refractivity contribution in [2.24, 2.45) is 10.9 Å². The van der Waals surface area contributed by atoms with Crippen LogP contribution >= 0.6 is 0 Å². The zero-order chi connectivity index (χ0) is 11.3. The molecule has 1 fully saturated rings. The van der Waals surface area contributed by atoms with Crippen molar-refractivity contribution in [3.05, 3.63) is 0 Å². The third-order valence-electron chi connectivity index (χ3n) is 2.75. The first-order chi connectivity index (χ1) is 7.15. The van der Waals surface area contributed by atoms with E-state index in [0.29, 0.717) is 11.8 Å². The molecule has 1 heterocycles. The molecular formula is C11H19NO3. The Morgan fingerprint density at radius 1 is 1.40 bits per heavy atom. The van der Waals surface area contributed by atoms with Gasteiger partial charge in [0, 0.05) is 20.1 Å². The monoisotopic (exact) mass is 213 g/mol. The predicted molar refractivity (Wildman–Crippen MR) is 58.1 cm³/mol. The molecule has 0 saturated carbocycles. The summed E-state index contributed by atoms with van der Waals surface area (Å²) in [7, 11) is 1.57. The average molecular weight is 213 g/mol. The minimum atomic E-state index is -0.256. The van der Waals surface area contributed by atoms with Gasteiger partial charge in [0.25, 0.3) is 0 Å². The van der Waals surface area contributed by atoms with E-state index in [1.807, 2.05) is 0 Å². The van der Waals surface area contributed by atoms with E-state index in [4.69, 9.17) is 9.47 Å². The summed E-state index contributed by atoms with van der Waals surface area (Å²) in [5, 5.41) is 0. The first-order valence-corrected chi connectivity index (χ1v) is 5.31. The SMILES string of the molecule is COC(C)=NC(C(C)=O)C1CCOCC1. The molecule has 0 spiro atoms. The third kappa shape index (κ3) is 3.63. The number of ketones is 1. The molecule has 1 rings (SSSR count). The molecule has 0 aromatic heterocycles. The largest absolute Gasteiger partial charge is 0.484 e. The molecule has 0 aliphatic carbocycles. The summed E-state index contributed by atoms with van der Waals surface area (Å²) < 4.78 is 10.3. The number of hydrogen-bond acceptors (Lipinski definition) is 4. The van der Waals surface area contributed by atoms with Gasteiger partial charge in [-0.3, -0.25) is 4.79 Å². The number of Topliss-reactive ketones (excluding diaryl/α,β-unsaturated/α-hetero) is 1. The van der Waals surface area contributed by atoms with Crippen LogP contribution in [0, 0.1) is 5.92 Å². The standard InChI is InChI=1S/C11H19NO3/c1-8(13)11(12-9(2)14-3)10-4-6-15-7-5-10/h10-11H,4-7H2,1-3H3. The van der Waals surface area contributed by atoms with Crippen LogP contribution in [0.4, 0.5) is 0 Å². The molecular weight excluding hydrogens is 194 g/mol. The van der Waals surface area contributed by atoms with Crippen molar-refractivity contribution in [2.45, 2.75) is 32.7 Å². The van der Waals surface area contributed by atoms with Crippen LogP contribution in [0.15, 0.2) is 4.99 Å². The smallest absolute Gasteiger partial charge is 0.180 e. The van der Waals surface area contributed by atoms with E-state index in [-0.39, 0.29) is 11.8 Å². The van der Waals surface area contributed by atoms with E-state index < -0.39 is 0 Å². The molecule has 1 unspecified atom stereocenters. The first-order valence-electron chi connectivity index (χ1n) is 5.31. The lowest BCUT2D eigenvalue weighted by atomic mass is 9.90. The summed E-state index contributed by atoms with van der Waals surface area (Å²) in [6.07, 6.45) is 1.81. The van der Waals surface area contributed by atoms with E-state index in [0.717, 1.165) is 26.1 Å². The molecule has 0 bridgehead atoms. The lowest BCUT2D eigenvalue weighted by molar-refractivity contribution is -0.120. The van der Waals surface area contributed by atoms with Crippen molar-refractivity contribution in [2.75, 3.05) is 20.3 Å². The van der Waals surface area contributed by atoms with E-state index in [9.17, 15) is 4.79 Å². The van der Waals surface area contributed by atoms with Crippen LogP contribution in [0.5, 0.6) is 0 Å². The Labute approximate surface area is 90.7 Å². The molecule has 4 heteroatoms. The van der Waals surface area contributed by atoms with Crippen LogP contribution in [0.3, 0.4) is 0 Å². The molecule has 15 heavy (non-hydrogen) atoms. The number of rotatable bonds is 3. The molecule has 0 aromatic carbocycles. The predicted octanol–water partition coefficient (Wildman–Crippen LogP) is 1.44. The number of carbonyl (C=O) groups is 1. The fraction of sp³-hybridized carbons (Fsp3) is 0.818. The van der Waals surface area contributed by atoms with Crippen molar-refractivity contribution in [1.29, 1.82) is 0 Å². The highest BCUT2D eigenvalue weighted by molar-refractivity contribution is 5.85. The van der Waals surface area contributed by atoms with Gasteiger partial charge in [-0.2, -0.15) is 0 Å². The topological polar surface area (TPSA) is 47.9 Å². The first kappa shape index (κ1) is 12.2. The van der Waals surface area contributed by atoms with Crippen molar-refractivity contribution in [3.8, 4) is 0 Å². The van der Waals surface area contributed by atoms with Gasteiger partial charge in [0.1, 0.15) is 6.04 Å². The number of carbonyl (C=O) groups excluding carboxylic acids is 1. The van der Waals surface area contributed by atoms with Crippen molar-refractivity contribution in [3.63, 3.8) is 0 Å². The third-order valence-corrected chi connectivity index (χ3v) is 2.75. The highest BCUT2D eigenvalue weighted by Gasteiger charge is 2.27. The molecule has 1 aliphatic heterocycles.